The van der Waals surface area contributed by atoms with Crippen LogP contribution in [0.2, 0.25) is 5.02 Å². The molecule has 0 aromatic heterocycles. The number of hydrogen-bond acceptors (Lipinski definition) is 2. The highest BCUT2D eigenvalue weighted by molar-refractivity contribution is 6.31. The summed E-state index contributed by atoms with van der Waals surface area (Å²) >= 11 is 6.28. The normalized spacial score (nSPS) is 20.5. The monoisotopic (exact) mass is 374 g/mol. The molecular weight excluding hydrogens is 347 g/mol. The largest absolute Gasteiger partial charge is 0.330 e. The lowest BCUT2D eigenvalue weighted by Gasteiger charge is -2.32. The van der Waals surface area contributed by atoms with Crippen LogP contribution in [-0.4, -0.2) is 18.0 Å². The predicted molar refractivity (Wildman–Crippen MR) is 106 cm³/mol. The highest BCUT2D eigenvalue weighted by Gasteiger charge is 2.23. The Morgan fingerprint density at radius 2 is 1.62 bits per heavy atom. The number of halogens is 2. The van der Waals surface area contributed by atoms with Crippen molar-refractivity contribution in [3.8, 4) is 0 Å². The molecule has 0 aliphatic heterocycles. The molecule has 2 N–H and O–H groups in total. The van der Waals surface area contributed by atoms with Crippen molar-refractivity contribution in [1.29, 1.82) is 0 Å². The van der Waals surface area contributed by atoms with E-state index in [1.165, 1.54) is 37.3 Å². The Labute approximate surface area is 161 Å². The fourth-order valence-electron chi connectivity index (χ4n) is 3.95. The lowest BCUT2D eigenvalue weighted by Crippen LogP contribution is -2.32. The second-order valence-corrected chi connectivity index (χ2v) is 7.89. The van der Waals surface area contributed by atoms with Gasteiger partial charge in [-0.1, -0.05) is 48.0 Å². The Balaban J connectivity index is 1.71. The standard InChI is InChI=1S/C22H28ClFN2/c23-21-7-4-8-22(24)20(21)16-26(14-18-5-2-1-3-6-18)15-19-11-9-17(13-25)10-12-19/h1-8,17,19H,9-16,25H2. The topological polar surface area (TPSA) is 29.3 Å². The molecule has 0 radical (unpaired) electrons. The molecule has 0 saturated heterocycles. The lowest BCUT2D eigenvalue weighted by atomic mass is 9.82. The van der Waals surface area contributed by atoms with E-state index in [2.05, 4.69) is 29.2 Å². The molecule has 0 amide bonds. The summed E-state index contributed by atoms with van der Waals surface area (Å²) in [5.41, 5.74) is 7.66. The molecule has 1 saturated carbocycles. The molecule has 2 aromatic carbocycles. The molecule has 1 aliphatic carbocycles. The number of rotatable bonds is 7. The van der Waals surface area contributed by atoms with Gasteiger partial charge in [-0.2, -0.15) is 0 Å². The Morgan fingerprint density at radius 3 is 2.27 bits per heavy atom. The van der Waals surface area contributed by atoms with Crippen molar-refractivity contribution in [3.05, 3.63) is 70.5 Å². The van der Waals surface area contributed by atoms with Crippen LogP contribution < -0.4 is 5.73 Å². The first-order valence-corrected chi connectivity index (χ1v) is 9.92. The van der Waals surface area contributed by atoms with E-state index in [9.17, 15) is 4.39 Å². The van der Waals surface area contributed by atoms with Gasteiger partial charge in [-0.05, 0) is 61.8 Å². The number of hydrogen-bond donors (Lipinski definition) is 1. The molecule has 140 valence electrons. The van der Waals surface area contributed by atoms with Crippen molar-refractivity contribution >= 4 is 11.6 Å². The molecule has 26 heavy (non-hydrogen) atoms. The molecular formula is C22H28ClFN2. The van der Waals surface area contributed by atoms with Gasteiger partial charge in [0.15, 0.2) is 0 Å². The highest BCUT2D eigenvalue weighted by atomic mass is 35.5. The van der Waals surface area contributed by atoms with Crippen LogP contribution in [0.5, 0.6) is 0 Å². The minimum absolute atomic E-state index is 0.220. The van der Waals surface area contributed by atoms with Gasteiger partial charge < -0.3 is 5.73 Å². The Hall–Kier alpha value is -1.42. The van der Waals surface area contributed by atoms with E-state index >= 15 is 0 Å². The molecule has 2 aromatic rings. The summed E-state index contributed by atoms with van der Waals surface area (Å²) in [6, 6.07) is 15.3. The SMILES string of the molecule is NCC1CCC(CN(Cc2ccccc2)Cc2c(F)cccc2Cl)CC1. The zero-order chi connectivity index (χ0) is 18.4. The maximum atomic E-state index is 14.3. The summed E-state index contributed by atoms with van der Waals surface area (Å²) in [6.07, 6.45) is 4.83. The maximum absolute atomic E-state index is 14.3. The number of nitrogens with two attached hydrogens (primary N) is 1. The second-order valence-electron chi connectivity index (χ2n) is 7.48. The van der Waals surface area contributed by atoms with Crippen molar-refractivity contribution in [2.75, 3.05) is 13.1 Å². The van der Waals surface area contributed by atoms with E-state index in [4.69, 9.17) is 17.3 Å². The minimum atomic E-state index is -0.220. The third-order valence-corrected chi connectivity index (χ3v) is 5.86. The van der Waals surface area contributed by atoms with Crippen LogP contribution in [0.1, 0.15) is 36.8 Å². The zero-order valence-corrected chi connectivity index (χ0v) is 16.0. The molecule has 0 bridgehead atoms. The molecule has 0 spiro atoms. The van der Waals surface area contributed by atoms with Crippen LogP contribution in [0.4, 0.5) is 4.39 Å². The first-order valence-electron chi connectivity index (χ1n) is 9.55. The van der Waals surface area contributed by atoms with E-state index < -0.39 is 0 Å². The van der Waals surface area contributed by atoms with Gasteiger partial charge >= 0.3 is 0 Å². The molecule has 0 unspecified atom stereocenters. The van der Waals surface area contributed by atoms with Crippen molar-refractivity contribution in [2.45, 2.75) is 38.8 Å². The Kier molecular flexibility index (Phi) is 7.07. The smallest absolute Gasteiger partial charge is 0.129 e. The van der Waals surface area contributed by atoms with Gasteiger partial charge in [0.2, 0.25) is 0 Å². The molecule has 3 rings (SSSR count). The van der Waals surface area contributed by atoms with Gasteiger partial charge in [-0.25, -0.2) is 4.39 Å². The summed E-state index contributed by atoms with van der Waals surface area (Å²) < 4.78 is 14.3. The molecule has 1 aliphatic rings. The first kappa shape index (κ1) is 19.3. The second kappa shape index (κ2) is 9.50. The van der Waals surface area contributed by atoms with E-state index in [-0.39, 0.29) is 5.82 Å². The van der Waals surface area contributed by atoms with Gasteiger partial charge in [-0.3, -0.25) is 4.90 Å². The van der Waals surface area contributed by atoms with Gasteiger partial charge in [0.25, 0.3) is 0 Å². The maximum Gasteiger partial charge on any atom is 0.129 e. The van der Waals surface area contributed by atoms with Crippen molar-refractivity contribution < 1.29 is 4.39 Å². The van der Waals surface area contributed by atoms with E-state index in [0.29, 0.717) is 29.0 Å². The van der Waals surface area contributed by atoms with Gasteiger partial charge in [-0.15, -0.1) is 0 Å². The minimum Gasteiger partial charge on any atom is -0.330 e. The van der Waals surface area contributed by atoms with Crippen LogP contribution in [0.3, 0.4) is 0 Å². The fourth-order valence-corrected chi connectivity index (χ4v) is 4.17. The van der Waals surface area contributed by atoms with Crippen LogP contribution >= 0.6 is 11.6 Å². The van der Waals surface area contributed by atoms with Gasteiger partial charge in [0.1, 0.15) is 5.82 Å². The van der Waals surface area contributed by atoms with Crippen molar-refractivity contribution in [3.63, 3.8) is 0 Å². The molecule has 0 atom stereocenters. The molecule has 4 heteroatoms. The van der Waals surface area contributed by atoms with Crippen molar-refractivity contribution in [2.24, 2.45) is 17.6 Å². The quantitative estimate of drug-likeness (QED) is 0.717. The lowest BCUT2D eigenvalue weighted by molar-refractivity contribution is 0.168. The highest BCUT2D eigenvalue weighted by Crippen LogP contribution is 2.30. The molecule has 0 heterocycles. The zero-order valence-electron chi connectivity index (χ0n) is 15.2. The van der Waals surface area contributed by atoms with Gasteiger partial charge in [0.05, 0.1) is 0 Å². The Morgan fingerprint density at radius 1 is 0.923 bits per heavy atom. The molecule has 2 nitrogen and oxygen atoms in total. The van der Waals surface area contributed by atoms with Crippen molar-refractivity contribution in [1.82, 2.24) is 4.90 Å². The average molecular weight is 375 g/mol. The van der Waals surface area contributed by atoms with Crippen LogP contribution in [0, 0.1) is 17.7 Å². The number of benzene rings is 2. The van der Waals surface area contributed by atoms with Crippen LogP contribution in [0.15, 0.2) is 48.5 Å². The summed E-state index contributed by atoms with van der Waals surface area (Å²) in [7, 11) is 0. The predicted octanol–water partition coefficient (Wildman–Crippen LogP) is 5.25. The fraction of sp³-hybridized carbons (Fsp3) is 0.455. The first-order chi connectivity index (χ1) is 12.7. The summed E-state index contributed by atoms with van der Waals surface area (Å²) in [5.74, 6) is 1.10. The van der Waals surface area contributed by atoms with E-state index in [1.54, 1.807) is 12.1 Å². The van der Waals surface area contributed by atoms with Crippen LogP contribution in [-0.2, 0) is 13.1 Å². The Bertz CT molecular complexity index is 664. The molecule has 1 fully saturated rings. The van der Waals surface area contributed by atoms with Crippen LogP contribution in [0.25, 0.3) is 0 Å². The summed E-state index contributed by atoms with van der Waals surface area (Å²) in [4.78, 5) is 2.34. The van der Waals surface area contributed by atoms with E-state index in [0.717, 1.165) is 19.6 Å². The average Bonchev–Trinajstić information content (AvgIpc) is 2.66. The summed E-state index contributed by atoms with van der Waals surface area (Å²) in [5, 5.41) is 0.509. The third-order valence-electron chi connectivity index (χ3n) is 5.51. The third kappa shape index (κ3) is 5.29. The summed E-state index contributed by atoms with van der Waals surface area (Å²) in [6.45, 7) is 3.11. The van der Waals surface area contributed by atoms with E-state index in [1.807, 2.05) is 6.07 Å². The van der Waals surface area contributed by atoms with Gasteiger partial charge in [0, 0.05) is 30.2 Å². The number of nitrogens with zero attached hydrogens (tertiary/aromatic N) is 1.